The molecule has 1 atom stereocenters. The average Bonchev–Trinajstić information content (AvgIpc) is 3.21. The van der Waals surface area contributed by atoms with Gasteiger partial charge in [-0.2, -0.15) is 0 Å². The topological polar surface area (TPSA) is 29.5 Å². The van der Waals surface area contributed by atoms with Gasteiger partial charge in [-0.25, -0.2) is 0 Å². The highest BCUT2D eigenvalue weighted by molar-refractivity contribution is 5.77. The van der Waals surface area contributed by atoms with E-state index in [1.165, 1.54) is 12.8 Å². The van der Waals surface area contributed by atoms with Crippen LogP contribution in [0.1, 0.15) is 58.8 Å². The van der Waals surface area contributed by atoms with Crippen LogP contribution in [-0.2, 0) is 9.53 Å². The van der Waals surface area contributed by atoms with E-state index in [2.05, 4.69) is 17.9 Å². The van der Waals surface area contributed by atoms with Crippen LogP contribution >= 0.6 is 0 Å². The van der Waals surface area contributed by atoms with Gasteiger partial charge in [0, 0.05) is 25.4 Å². The smallest absolute Gasteiger partial charge is 0.223 e. The molecule has 0 spiro atoms. The summed E-state index contributed by atoms with van der Waals surface area (Å²) in [7, 11) is 0. The van der Waals surface area contributed by atoms with Crippen molar-refractivity contribution in [3.05, 3.63) is 11.8 Å². The van der Waals surface area contributed by atoms with Crippen molar-refractivity contribution in [3.8, 4) is 0 Å². The summed E-state index contributed by atoms with van der Waals surface area (Å²) in [6, 6.07) is 0.554. The fourth-order valence-electron chi connectivity index (χ4n) is 2.93. The van der Waals surface area contributed by atoms with Gasteiger partial charge < -0.3 is 9.64 Å². The Balaban J connectivity index is 1.82. The van der Waals surface area contributed by atoms with E-state index in [1.54, 1.807) is 0 Å². The number of allylic oxidation sites excluding steroid dienone is 2. The van der Waals surface area contributed by atoms with Crippen molar-refractivity contribution in [1.29, 1.82) is 0 Å². The molecule has 1 fully saturated rings. The van der Waals surface area contributed by atoms with Crippen LogP contribution in [0.25, 0.3) is 0 Å². The summed E-state index contributed by atoms with van der Waals surface area (Å²) < 4.78 is 5.60. The molecule has 0 bridgehead atoms. The van der Waals surface area contributed by atoms with Crippen LogP contribution in [0, 0.1) is 5.92 Å². The standard InChI is InChI=1S/C16H27NO2/c1-3-10-17(14-8-9-14)16(18)12-13-6-5-7-15(11-13)19-4-2/h7,13-14H,3-6,8-12H2,1-2H3. The van der Waals surface area contributed by atoms with E-state index in [4.69, 9.17) is 4.74 Å². The van der Waals surface area contributed by atoms with Crippen molar-refractivity contribution in [2.24, 2.45) is 5.92 Å². The van der Waals surface area contributed by atoms with E-state index in [-0.39, 0.29) is 0 Å². The molecule has 0 aliphatic heterocycles. The molecule has 0 aromatic heterocycles. The van der Waals surface area contributed by atoms with Crippen molar-refractivity contribution in [1.82, 2.24) is 4.90 Å². The summed E-state index contributed by atoms with van der Waals surface area (Å²) in [4.78, 5) is 14.5. The van der Waals surface area contributed by atoms with Crippen molar-refractivity contribution < 1.29 is 9.53 Å². The molecule has 19 heavy (non-hydrogen) atoms. The normalized spacial score (nSPS) is 22.8. The summed E-state index contributed by atoms with van der Waals surface area (Å²) in [6.07, 6.45) is 9.52. The maximum Gasteiger partial charge on any atom is 0.223 e. The van der Waals surface area contributed by atoms with Gasteiger partial charge >= 0.3 is 0 Å². The number of amides is 1. The van der Waals surface area contributed by atoms with E-state index in [1.807, 2.05) is 6.92 Å². The van der Waals surface area contributed by atoms with E-state index in [9.17, 15) is 4.79 Å². The van der Waals surface area contributed by atoms with Crippen molar-refractivity contribution in [2.45, 2.75) is 64.8 Å². The van der Waals surface area contributed by atoms with Crippen molar-refractivity contribution in [3.63, 3.8) is 0 Å². The number of hydrogen-bond donors (Lipinski definition) is 0. The molecule has 0 radical (unpaired) electrons. The minimum absolute atomic E-state index is 0.368. The predicted octanol–water partition coefficient (Wildman–Crippen LogP) is 3.50. The molecule has 0 heterocycles. The third kappa shape index (κ3) is 4.26. The summed E-state index contributed by atoms with van der Waals surface area (Å²) in [5, 5.41) is 0. The van der Waals surface area contributed by atoms with Crippen LogP contribution in [0.4, 0.5) is 0 Å². The zero-order chi connectivity index (χ0) is 13.7. The summed E-state index contributed by atoms with van der Waals surface area (Å²) >= 11 is 0. The van der Waals surface area contributed by atoms with Crippen LogP contribution in [0.5, 0.6) is 0 Å². The maximum atomic E-state index is 12.4. The maximum absolute atomic E-state index is 12.4. The Morgan fingerprint density at radius 1 is 1.37 bits per heavy atom. The summed E-state index contributed by atoms with van der Waals surface area (Å²) in [6.45, 7) is 5.84. The van der Waals surface area contributed by atoms with Crippen LogP contribution in [0.2, 0.25) is 0 Å². The van der Waals surface area contributed by atoms with Crippen molar-refractivity contribution >= 4 is 5.91 Å². The lowest BCUT2D eigenvalue weighted by Crippen LogP contribution is -2.35. The lowest BCUT2D eigenvalue weighted by Gasteiger charge is -2.27. The van der Waals surface area contributed by atoms with Gasteiger partial charge in [0.25, 0.3) is 0 Å². The molecule has 1 unspecified atom stereocenters. The van der Waals surface area contributed by atoms with Crippen molar-refractivity contribution in [2.75, 3.05) is 13.2 Å². The quantitative estimate of drug-likeness (QED) is 0.705. The van der Waals surface area contributed by atoms with Crippen LogP contribution in [0.3, 0.4) is 0 Å². The van der Waals surface area contributed by atoms with E-state index in [0.29, 0.717) is 24.3 Å². The Morgan fingerprint density at radius 3 is 2.79 bits per heavy atom. The van der Waals surface area contributed by atoms with Gasteiger partial charge in [-0.05, 0) is 51.0 Å². The molecule has 3 nitrogen and oxygen atoms in total. The second-order valence-electron chi connectivity index (χ2n) is 5.77. The Kier molecular flexibility index (Phi) is 5.29. The SMILES string of the molecule is CCCN(C(=O)CC1CCC=C(OCC)C1)C1CC1. The Hall–Kier alpha value is -0.990. The fraction of sp³-hybridized carbons (Fsp3) is 0.812. The molecule has 2 aliphatic rings. The minimum atomic E-state index is 0.368. The van der Waals surface area contributed by atoms with Crippen LogP contribution in [0.15, 0.2) is 11.8 Å². The van der Waals surface area contributed by atoms with Crippen LogP contribution in [-0.4, -0.2) is 30.0 Å². The highest BCUT2D eigenvalue weighted by Crippen LogP contribution is 2.31. The lowest BCUT2D eigenvalue weighted by molar-refractivity contribution is -0.133. The van der Waals surface area contributed by atoms with Gasteiger partial charge in [0.2, 0.25) is 5.91 Å². The summed E-state index contributed by atoms with van der Waals surface area (Å²) in [5.41, 5.74) is 0. The molecule has 108 valence electrons. The summed E-state index contributed by atoms with van der Waals surface area (Å²) in [5.74, 6) is 1.95. The molecular weight excluding hydrogens is 238 g/mol. The molecule has 3 heteroatoms. The molecule has 0 aromatic carbocycles. The Morgan fingerprint density at radius 2 is 2.16 bits per heavy atom. The first-order valence-electron chi connectivity index (χ1n) is 7.85. The number of carbonyl (C=O) groups excluding carboxylic acids is 1. The first kappa shape index (κ1) is 14.4. The number of carbonyl (C=O) groups is 1. The van der Waals surface area contributed by atoms with E-state index >= 15 is 0 Å². The number of hydrogen-bond acceptors (Lipinski definition) is 2. The number of rotatable bonds is 7. The molecule has 2 rings (SSSR count). The van der Waals surface area contributed by atoms with Gasteiger partial charge in [-0.15, -0.1) is 0 Å². The van der Waals surface area contributed by atoms with Gasteiger partial charge in [-0.1, -0.05) is 6.92 Å². The van der Waals surface area contributed by atoms with E-state index < -0.39 is 0 Å². The monoisotopic (exact) mass is 265 g/mol. The Bertz CT molecular complexity index is 334. The molecule has 0 aromatic rings. The van der Waals surface area contributed by atoms with E-state index in [0.717, 1.165) is 44.6 Å². The first-order chi connectivity index (χ1) is 9.24. The Labute approximate surface area is 117 Å². The number of ether oxygens (including phenoxy) is 1. The average molecular weight is 265 g/mol. The molecular formula is C16H27NO2. The highest BCUT2D eigenvalue weighted by atomic mass is 16.5. The fourth-order valence-corrected chi connectivity index (χ4v) is 2.93. The minimum Gasteiger partial charge on any atom is -0.499 e. The van der Waals surface area contributed by atoms with Crippen LogP contribution < -0.4 is 0 Å². The molecule has 2 aliphatic carbocycles. The largest absolute Gasteiger partial charge is 0.499 e. The molecule has 0 N–H and O–H groups in total. The zero-order valence-corrected chi connectivity index (χ0v) is 12.4. The zero-order valence-electron chi connectivity index (χ0n) is 12.4. The highest BCUT2D eigenvalue weighted by Gasteiger charge is 2.33. The second-order valence-corrected chi connectivity index (χ2v) is 5.77. The van der Waals surface area contributed by atoms with Gasteiger partial charge in [-0.3, -0.25) is 4.79 Å². The number of nitrogens with zero attached hydrogens (tertiary/aromatic N) is 1. The predicted molar refractivity (Wildman–Crippen MR) is 76.7 cm³/mol. The molecule has 0 saturated heterocycles. The third-order valence-corrected chi connectivity index (χ3v) is 4.00. The van der Waals surface area contributed by atoms with Gasteiger partial charge in [0.05, 0.1) is 12.4 Å². The van der Waals surface area contributed by atoms with Gasteiger partial charge in [0.15, 0.2) is 0 Å². The molecule has 1 amide bonds. The van der Waals surface area contributed by atoms with Gasteiger partial charge in [0.1, 0.15) is 0 Å². The third-order valence-electron chi connectivity index (χ3n) is 4.00. The lowest BCUT2D eigenvalue weighted by atomic mass is 9.89. The first-order valence-corrected chi connectivity index (χ1v) is 7.85. The second kappa shape index (κ2) is 6.97. The molecule has 1 saturated carbocycles.